The van der Waals surface area contributed by atoms with Gasteiger partial charge >= 0.3 is 5.97 Å². The highest BCUT2D eigenvalue weighted by molar-refractivity contribution is 5.91. The zero-order valence-electron chi connectivity index (χ0n) is 21.4. The molecule has 0 aliphatic heterocycles. The molecule has 1 aromatic heterocycles. The first kappa shape index (κ1) is 26.1. The number of esters is 1. The Labute approximate surface area is 214 Å². The van der Waals surface area contributed by atoms with Crippen molar-refractivity contribution in [1.82, 2.24) is 10.3 Å². The monoisotopic (exact) mass is 489 g/mol. The molecule has 3 atom stereocenters. The van der Waals surface area contributed by atoms with E-state index in [-0.39, 0.29) is 30.4 Å². The molecule has 1 amide bonds. The van der Waals surface area contributed by atoms with Crippen LogP contribution in [-0.4, -0.2) is 36.1 Å². The number of anilines is 1. The zero-order valence-corrected chi connectivity index (χ0v) is 21.4. The van der Waals surface area contributed by atoms with E-state index in [0.717, 1.165) is 49.8 Å². The summed E-state index contributed by atoms with van der Waals surface area (Å²) in [6.45, 7) is 6.76. The number of hydrogen-bond donors (Lipinski definition) is 2. The summed E-state index contributed by atoms with van der Waals surface area (Å²) in [5.41, 5.74) is 1.41. The number of rotatable bonds is 10. The van der Waals surface area contributed by atoms with E-state index in [1.807, 2.05) is 43.3 Å². The summed E-state index contributed by atoms with van der Waals surface area (Å²) >= 11 is 0. The first-order valence-corrected chi connectivity index (χ1v) is 13.4. The van der Waals surface area contributed by atoms with Gasteiger partial charge in [-0.3, -0.25) is 9.59 Å². The van der Waals surface area contributed by atoms with Crippen molar-refractivity contribution in [3.05, 3.63) is 72.4 Å². The van der Waals surface area contributed by atoms with Crippen molar-refractivity contribution in [3.63, 3.8) is 0 Å². The number of hydrogen-bond acceptors (Lipinski definition) is 5. The second-order valence-electron chi connectivity index (χ2n) is 10.3. The number of pyridine rings is 1. The summed E-state index contributed by atoms with van der Waals surface area (Å²) < 4.78 is 6.25. The Kier molecular flexibility index (Phi) is 8.92. The molecule has 0 saturated heterocycles. The van der Waals surface area contributed by atoms with Crippen molar-refractivity contribution in [1.29, 1.82) is 0 Å². The summed E-state index contributed by atoms with van der Waals surface area (Å²) in [6.07, 6.45) is 9.68. The van der Waals surface area contributed by atoms with Crippen molar-refractivity contribution in [2.75, 3.05) is 18.4 Å². The average molecular weight is 490 g/mol. The predicted molar refractivity (Wildman–Crippen MR) is 143 cm³/mol. The van der Waals surface area contributed by atoms with Gasteiger partial charge in [-0.15, -0.1) is 6.58 Å². The Bertz CT molecular complexity index is 1030. The predicted octanol–water partition coefficient (Wildman–Crippen LogP) is 5.33. The fourth-order valence-corrected chi connectivity index (χ4v) is 5.72. The van der Waals surface area contributed by atoms with Gasteiger partial charge in [-0.05, 0) is 62.8 Å². The Morgan fingerprint density at radius 1 is 1.08 bits per heavy atom. The Balaban J connectivity index is 1.31. The van der Waals surface area contributed by atoms with Gasteiger partial charge in [0.1, 0.15) is 11.9 Å². The van der Waals surface area contributed by atoms with Crippen LogP contribution in [0.1, 0.15) is 62.6 Å². The van der Waals surface area contributed by atoms with Crippen molar-refractivity contribution >= 4 is 17.7 Å². The van der Waals surface area contributed by atoms with Crippen LogP contribution in [0.25, 0.3) is 0 Å². The van der Waals surface area contributed by atoms with Gasteiger partial charge in [0.25, 0.3) is 0 Å². The van der Waals surface area contributed by atoms with Gasteiger partial charge in [0.05, 0.1) is 12.0 Å². The summed E-state index contributed by atoms with van der Waals surface area (Å²) in [6, 6.07) is 15.7. The van der Waals surface area contributed by atoms with Crippen LogP contribution in [0.5, 0.6) is 0 Å². The average Bonchev–Trinajstić information content (AvgIpc) is 3.14. The highest BCUT2D eigenvalue weighted by Crippen LogP contribution is 2.44. The zero-order chi connectivity index (χ0) is 25.4. The number of carbonyl (C=O) groups excluding carboxylic acids is 2. The quantitative estimate of drug-likeness (QED) is 0.204. The molecule has 0 radical (unpaired) electrons. The number of nitrogens with zero attached hydrogens (tertiary/aromatic N) is 1. The van der Waals surface area contributed by atoms with Gasteiger partial charge in [-0.1, -0.05) is 68.2 Å². The molecule has 2 aliphatic carbocycles. The van der Waals surface area contributed by atoms with E-state index in [9.17, 15) is 9.59 Å². The third-order valence-electron chi connectivity index (χ3n) is 7.86. The number of aromatic nitrogens is 1. The van der Waals surface area contributed by atoms with Crippen LogP contribution in [0.3, 0.4) is 0 Å². The second kappa shape index (κ2) is 12.3. The van der Waals surface area contributed by atoms with Crippen LogP contribution in [0.4, 0.5) is 5.82 Å². The number of allylic oxidation sites excluding steroid dienone is 1. The van der Waals surface area contributed by atoms with Gasteiger partial charge < -0.3 is 15.4 Å². The van der Waals surface area contributed by atoms with Crippen molar-refractivity contribution in [2.45, 2.75) is 69.8 Å². The van der Waals surface area contributed by atoms with Crippen molar-refractivity contribution in [3.8, 4) is 0 Å². The molecule has 2 aromatic rings. The summed E-state index contributed by atoms with van der Waals surface area (Å²) in [5, 5.41) is 6.04. The molecule has 1 heterocycles. The fraction of sp³-hybridized carbons (Fsp3) is 0.500. The number of benzene rings is 1. The van der Waals surface area contributed by atoms with Gasteiger partial charge in [0, 0.05) is 11.6 Å². The van der Waals surface area contributed by atoms with E-state index in [4.69, 9.17) is 4.74 Å². The van der Waals surface area contributed by atoms with Crippen molar-refractivity contribution < 1.29 is 14.3 Å². The lowest BCUT2D eigenvalue weighted by Crippen LogP contribution is -2.48. The summed E-state index contributed by atoms with van der Waals surface area (Å²) in [7, 11) is 0. The largest absolute Gasteiger partial charge is 0.461 e. The van der Waals surface area contributed by atoms with E-state index in [1.165, 1.54) is 12.8 Å². The van der Waals surface area contributed by atoms with Crippen LogP contribution >= 0.6 is 0 Å². The topological polar surface area (TPSA) is 80.3 Å². The number of carbonyl (C=O) groups is 2. The van der Waals surface area contributed by atoms with Gasteiger partial charge in [-0.2, -0.15) is 0 Å². The first-order chi connectivity index (χ1) is 17.5. The molecule has 36 heavy (non-hydrogen) atoms. The van der Waals surface area contributed by atoms with Gasteiger partial charge in [0.2, 0.25) is 5.91 Å². The van der Waals surface area contributed by atoms with E-state index in [0.29, 0.717) is 18.3 Å². The van der Waals surface area contributed by atoms with Crippen LogP contribution in [-0.2, 0) is 19.7 Å². The molecule has 2 saturated carbocycles. The van der Waals surface area contributed by atoms with E-state index in [2.05, 4.69) is 34.3 Å². The van der Waals surface area contributed by atoms with E-state index < -0.39 is 5.41 Å². The summed E-state index contributed by atoms with van der Waals surface area (Å²) in [5.74, 6) is 0.926. The highest BCUT2D eigenvalue weighted by atomic mass is 16.5. The third kappa shape index (κ3) is 6.22. The Hall–Kier alpha value is -2.99. The van der Waals surface area contributed by atoms with E-state index in [1.54, 1.807) is 6.07 Å². The molecule has 2 fully saturated rings. The molecule has 6 heteroatoms. The molecule has 6 nitrogen and oxygen atoms in total. The lowest BCUT2D eigenvalue weighted by molar-refractivity contribution is -0.169. The van der Waals surface area contributed by atoms with Gasteiger partial charge in [-0.25, -0.2) is 4.98 Å². The Morgan fingerprint density at radius 2 is 1.83 bits per heavy atom. The molecule has 192 valence electrons. The van der Waals surface area contributed by atoms with Crippen LogP contribution in [0.15, 0.2) is 61.2 Å². The standard InChI is InChI=1S/C30H39N3O3/c1-3-23-20-26(25(23)16-19-31-21-28(34)33-27-15-11-12-22(2)32-27)36-29(35)30(17-9-4-5-10-18-30)24-13-7-6-8-14-24/h3,6-8,11-15,23,25-26,31H,1,4-5,9-10,16-21H2,2H3,(H,32,33,34)/t23?,25?,26-/m0/s1. The molecule has 1 aromatic carbocycles. The molecule has 2 N–H and O–H groups in total. The fourth-order valence-electron chi connectivity index (χ4n) is 5.72. The first-order valence-electron chi connectivity index (χ1n) is 13.4. The smallest absolute Gasteiger partial charge is 0.316 e. The van der Waals surface area contributed by atoms with Gasteiger partial charge in [0.15, 0.2) is 0 Å². The maximum absolute atomic E-state index is 13.7. The summed E-state index contributed by atoms with van der Waals surface area (Å²) in [4.78, 5) is 30.3. The SMILES string of the molecule is C=CC1C[C@H](OC(=O)C2(c3ccccc3)CCCCCC2)C1CCNCC(=O)Nc1cccc(C)n1. The van der Waals surface area contributed by atoms with Crippen LogP contribution < -0.4 is 10.6 Å². The van der Waals surface area contributed by atoms with Crippen LogP contribution in [0.2, 0.25) is 0 Å². The highest BCUT2D eigenvalue weighted by Gasteiger charge is 2.47. The number of aryl methyl sites for hydroxylation is 1. The van der Waals surface area contributed by atoms with E-state index >= 15 is 0 Å². The molecule has 0 spiro atoms. The normalized spacial score (nSPS) is 23.1. The number of ether oxygens (including phenoxy) is 1. The molecule has 2 unspecified atom stereocenters. The lowest BCUT2D eigenvalue weighted by Gasteiger charge is -2.44. The molecular weight excluding hydrogens is 450 g/mol. The molecule has 0 bridgehead atoms. The maximum Gasteiger partial charge on any atom is 0.316 e. The minimum atomic E-state index is -0.540. The number of nitrogens with one attached hydrogen (secondary N) is 2. The third-order valence-corrected chi connectivity index (χ3v) is 7.86. The minimum absolute atomic E-state index is 0.0638. The molecular formula is C30H39N3O3. The van der Waals surface area contributed by atoms with Crippen LogP contribution in [0, 0.1) is 18.8 Å². The lowest BCUT2D eigenvalue weighted by atomic mass is 9.68. The number of amides is 1. The Morgan fingerprint density at radius 3 is 2.53 bits per heavy atom. The minimum Gasteiger partial charge on any atom is -0.461 e. The second-order valence-corrected chi connectivity index (χ2v) is 10.3. The maximum atomic E-state index is 13.7. The molecule has 4 rings (SSSR count). The molecule has 2 aliphatic rings. The van der Waals surface area contributed by atoms with Crippen molar-refractivity contribution in [2.24, 2.45) is 11.8 Å².